The Labute approximate surface area is 118 Å². The van der Waals surface area contributed by atoms with Gasteiger partial charge in [0.05, 0.1) is 12.5 Å². The lowest BCUT2D eigenvalue weighted by atomic mass is 9.98. The van der Waals surface area contributed by atoms with Gasteiger partial charge in [-0.05, 0) is 17.6 Å². The van der Waals surface area contributed by atoms with Gasteiger partial charge >= 0.3 is 0 Å². The Bertz CT molecular complexity index is 565. The summed E-state index contributed by atoms with van der Waals surface area (Å²) < 4.78 is 0. The summed E-state index contributed by atoms with van der Waals surface area (Å²) in [5.41, 5.74) is 2.57. The molecule has 1 aromatic carbocycles. The van der Waals surface area contributed by atoms with Gasteiger partial charge in [0.1, 0.15) is 0 Å². The zero-order valence-corrected chi connectivity index (χ0v) is 11.6. The second-order valence-corrected chi connectivity index (χ2v) is 5.35. The molecule has 0 saturated carbocycles. The Kier molecular flexibility index (Phi) is 3.40. The Morgan fingerprint density at radius 3 is 2.45 bits per heavy atom. The van der Waals surface area contributed by atoms with Crippen molar-refractivity contribution in [2.24, 2.45) is 0 Å². The summed E-state index contributed by atoms with van der Waals surface area (Å²) in [4.78, 5) is 27.0. The van der Waals surface area contributed by atoms with Crippen LogP contribution in [0.25, 0.3) is 5.57 Å². The molecule has 1 saturated heterocycles. The Morgan fingerprint density at radius 1 is 1.15 bits per heavy atom. The molecule has 2 aliphatic rings. The first-order chi connectivity index (χ1) is 9.66. The number of hydrogen-bond donors (Lipinski definition) is 0. The molecule has 1 aromatic rings. The van der Waals surface area contributed by atoms with Crippen LogP contribution < -0.4 is 0 Å². The van der Waals surface area contributed by atoms with Crippen molar-refractivity contribution in [3.63, 3.8) is 0 Å². The average molecular weight is 270 g/mol. The first-order valence-corrected chi connectivity index (χ1v) is 6.95. The van der Waals surface area contributed by atoms with E-state index in [1.165, 1.54) is 16.0 Å². The normalized spacial score (nSPS) is 24.1. The summed E-state index contributed by atoms with van der Waals surface area (Å²) in [7, 11) is 1.57. The van der Waals surface area contributed by atoms with Crippen LogP contribution in [0.15, 0.2) is 36.4 Å². The number of carbonyl (C=O) groups excluding carboxylic acids is 2. The van der Waals surface area contributed by atoms with Gasteiger partial charge in [0, 0.05) is 20.1 Å². The minimum atomic E-state index is -0.263. The number of carbonyl (C=O) groups is 2. The topological polar surface area (TPSA) is 40.6 Å². The van der Waals surface area contributed by atoms with Crippen molar-refractivity contribution in [1.29, 1.82) is 0 Å². The molecule has 104 valence electrons. The van der Waals surface area contributed by atoms with Crippen LogP contribution in [0.3, 0.4) is 0 Å². The minimum Gasteiger partial charge on any atom is -0.287 e. The van der Waals surface area contributed by atoms with Gasteiger partial charge in [0.25, 0.3) is 0 Å². The number of hydrogen-bond acceptors (Lipinski definition) is 3. The highest BCUT2D eigenvalue weighted by Gasteiger charge is 2.39. The second kappa shape index (κ2) is 5.21. The zero-order chi connectivity index (χ0) is 14.1. The van der Waals surface area contributed by atoms with Crippen molar-refractivity contribution in [2.75, 3.05) is 20.1 Å². The molecule has 2 heterocycles. The van der Waals surface area contributed by atoms with Crippen LogP contribution in [0.1, 0.15) is 18.4 Å². The molecule has 0 N–H and O–H groups in total. The molecule has 1 atom stereocenters. The number of likely N-dealkylation sites (N-methyl/N-ethyl adjacent to an activating group) is 1. The third-order valence-corrected chi connectivity index (χ3v) is 4.18. The van der Waals surface area contributed by atoms with E-state index in [0.717, 1.165) is 19.5 Å². The predicted molar refractivity (Wildman–Crippen MR) is 76.8 cm³/mol. The highest BCUT2D eigenvalue weighted by atomic mass is 16.2. The van der Waals surface area contributed by atoms with Crippen LogP contribution in [0.4, 0.5) is 0 Å². The maximum atomic E-state index is 12.0. The smallest absolute Gasteiger partial charge is 0.246 e. The molecule has 1 fully saturated rings. The van der Waals surface area contributed by atoms with Crippen LogP contribution in [0.5, 0.6) is 0 Å². The molecular weight excluding hydrogens is 252 g/mol. The second-order valence-electron chi connectivity index (χ2n) is 5.35. The monoisotopic (exact) mass is 270 g/mol. The van der Waals surface area contributed by atoms with Crippen LogP contribution >= 0.6 is 0 Å². The molecule has 2 aliphatic heterocycles. The van der Waals surface area contributed by atoms with E-state index in [1.54, 1.807) is 7.05 Å². The number of imide groups is 1. The van der Waals surface area contributed by atoms with Gasteiger partial charge < -0.3 is 0 Å². The molecule has 0 spiro atoms. The number of rotatable bonds is 2. The average Bonchev–Trinajstić information content (AvgIpc) is 2.76. The van der Waals surface area contributed by atoms with Crippen molar-refractivity contribution < 1.29 is 9.59 Å². The Morgan fingerprint density at radius 2 is 1.90 bits per heavy atom. The molecule has 0 radical (unpaired) electrons. The van der Waals surface area contributed by atoms with Crippen molar-refractivity contribution >= 4 is 17.4 Å². The molecule has 20 heavy (non-hydrogen) atoms. The van der Waals surface area contributed by atoms with Crippen LogP contribution in [-0.4, -0.2) is 47.8 Å². The van der Waals surface area contributed by atoms with Crippen LogP contribution in [0, 0.1) is 0 Å². The summed E-state index contributed by atoms with van der Waals surface area (Å²) in [6.07, 6.45) is 3.42. The Balaban J connectivity index is 1.71. The van der Waals surface area contributed by atoms with Gasteiger partial charge in [-0.2, -0.15) is 0 Å². The number of likely N-dealkylation sites (tertiary alicyclic amines) is 1. The standard InChI is InChI=1S/C16H18N2O2/c1-17-15(19)11-14(16(17)20)18-9-7-13(8-10-18)12-5-3-2-4-6-12/h2-7,14H,8-11H2,1H3. The fraction of sp³-hybridized carbons (Fsp3) is 0.375. The molecule has 4 nitrogen and oxygen atoms in total. The van der Waals surface area contributed by atoms with Gasteiger partial charge in [0.2, 0.25) is 11.8 Å². The minimum absolute atomic E-state index is 0.0634. The lowest BCUT2D eigenvalue weighted by molar-refractivity contribution is -0.138. The van der Waals surface area contributed by atoms with Gasteiger partial charge in [-0.1, -0.05) is 36.4 Å². The van der Waals surface area contributed by atoms with E-state index in [-0.39, 0.29) is 17.9 Å². The summed E-state index contributed by atoms with van der Waals surface area (Å²) >= 11 is 0. The first-order valence-electron chi connectivity index (χ1n) is 6.95. The molecule has 3 rings (SSSR count). The molecule has 1 unspecified atom stereocenters. The predicted octanol–water partition coefficient (Wildman–Crippen LogP) is 1.53. The first kappa shape index (κ1) is 13.1. The molecular formula is C16H18N2O2. The summed E-state index contributed by atoms with van der Waals surface area (Å²) in [5, 5.41) is 0. The lowest BCUT2D eigenvalue weighted by Gasteiger charge is -2.30. The summed E-state index contributed by atoms with van der Waals surface area (Å²) in [6, 6.07) is 10.0. The molecule has 0 bridgehead atoms. The van der Waals surface area contributed by atoms with E-state index in [2.05, 4.69) is 23.1 Å². The van der Waals surface area contributed by atoms with E-state index in [4.69, 9.17) is 0 Å². The van der Waals surface area contributed by atoms with Gasteiger partial charge in [-0.15, -0.1) is 0 Å². The quantitative estimate of drug-likeness (QED) is 0.765. The van der Waals surface area contributed by atoms with Gasteiger partial charge in [-0.3, -0.25) is 19.4 Å². The molecule has 0 aromatic heterocycles. The fourth-order valence-corrected chi connectivity index (χ4v) is 2.90. The SMILES string of the molecule is CN1C(=O)CC(N2CC=C(c3ccccc3)CC2)C1=O. The molecule has 2 amide bonds. The van der Waals surface area contributed by atoms with Crippen molar-refractivity contribution in [3.05, 3.63) is 42.0 Å². The maximum absolute atomic E-state index is 12.0. The van der Waals surface area contributed by atoms with E-state index >= 15 is 0 Å². The third-order valence-electron chi connectivity index (χ3n) is 4.18. The highest BCUT2D eigenvalue weighted by Crippen LogP contribution is 2.26. The molecule has 4 heteroatoms. The maximum Gasteiger partial charge on any atom is 0.246 e. The lowest BCUT2D eigenvalue weighted by Crippen LogP contribution is -2.43. The largest absolute Gasteiger partial charge is 0.287 e. The van der Waals surface area contributed by atoms with E-state index in [1.807, 2.05) is 18.2 Å². The number of nitrogens with zero attached hydrogens (tertiary/aromatic N) is 2. The number of benzene rings is 1. The van der Waals surface area contributed by atoms with Crippen molar-refractivity contribution in [1.82, 2.24) is 9.80 Å². The third kappa shape index (κ3) is 2.27. The number of amides is 2. The zero-order valence-electron chi connectivity index (χ0n) is 11.6. The van der Waals surface area contributed by atoms with Crippen molar-refractivity contribution in [2.45, 2.75) is 18.9 Å². The summed E-state index contributed by atoms with van der Waals surface area (Å²) in [6.45, 7) is 1.57. The van der Waals surface area contributed by atoms with Gasteiger partial charge in [0.15, 0.2) is 0 Å². The fourth-order valence-electron chi connectivity index (χ4n) is 2.90. The van der Waals surface area contributed by atoms with E-state index in [9.17, 15) is 9.59 Å². The van der Waals surface area contributed by atoms with Crippen LogP contribution in [0.2, 0.25) is 0 Å². The molecule has 0 aliphatic carbocycles. The van der Waals surface area contributed by atoms with Gasteiger partial charge in [-0.25, -0.2) is 0 Å². The van der Waals surface area contributed by atoms with E-state index < -0.39 is 0 Å². The van der Waals surface area contributed by atoms with Crippen molar-refractivity contribution in [3.8, 4) is 0 Å². The van der Waals surface area contributed by atoms with Crippen LogP contribution in [-0.2, 0) is 9.59 Å². The van der Waals surface area contributed by atoms with E-state index in [0.29, 0.717) is 6.42 Å². The highest BCUT2D eigenvalue weighted by molar-refractivity contribution is 6.05. The summed E-state index contributed by atoms with van der Waals surface area (Å²) in [5.74, 6) is -0.135. The Hall–Kier alpha value is -1.94.